The minimum atomic E-state index is -0.277. The summed E-state index contributed by atoms with van der Waals surface area (Å²) >= 11 is 3.23. The molecule has 100 valence electrons. The summed E-state index contributed by atoms with van der Waals surface area (Å²) in [5.74, 6) is -0.277. The van der Waals surface area contributed by atoms with Gasteiger partial charge in [0.25, 0.3) is 5.56 Å². The van der Waals surface area contributed by atoms with Gasteiger partial charge in [0.15, 0.2) is 0 Å². The largest absolute Gasteiger partial charge is 0.378 e. The van der Waals surface area contributed by atoms with Crippen molar-refractivity contribution in [2.75, 3.05) is 5.32 Å². The predicted molar refractivity (Wildman–Crippen MR) is 75.6 cm³/mol. The lowest BCUT2D eigenvalue weighted by Gasteiger charge is -2.10. The first kappa shape index (κ1) is 13.7. The fraction of sp³-hybridized carbons (Fsp3) is 0.231. The Hall–Kier alpha value is -1.69. The van der Waals surface area contributed by atoms with E-state index in [1.54, 1.807) is 24.4 Å². The molecule has 1 aromatic heterocycles. The van der Waals surface area contributed by atoms with Gasteiger partial charge in [0.2, 0.25) is 0 Å². The van der Waals surface area contributed by atoms with Crippen molar-refractivity contribution in [3.63, 3.8) is 0 Å². The lowest BCUT2D eigenvalue weighted by molar-refractivity contribution is 0.609. The maximum Gasteiger partial charge on any atom is 0.283 e. The van der Waals surface area contributed by atoms with Gasteiger partial charge in [0.1, 0.15) is 10.3 Å². The van der Waals surface area contributed by atoms with E-state index in [0.29, 0.717) is 28.8 Å². The highest BCUT2D eigenvalue weighted by atomic mass is 79.9. The molecule has 0 fully saturated rings. The van der Waals surface area contributed by atoms with E-state index < -0.39 is 0 Å². The third-order valence-corrected chi connectivity index (χ3v) is 3.48. The summed E-state index contributed by atoms with van der Waals surface area (Å²) in [6.45, 7) is 2.64. The summed E-state index contributed by atoms with van der Waals surface area (Å²) in [7, 11) is 0. The Morgan fingerprint density at radius 2 is 2.16 bits per heavy atom. The smallest absolute Gasteiger partial charge is 0.283 e. The number of hydrogen-bond donors (Lipinski definition) is 1. The molecular weight excluding hydrogens is 313 g/mol. The van der Waals surface area contributed by atoms with E-state index in [1.807, 2.05) is 6.92 Å². The standard InChI is InChI=1S/C13H13BrFN3O/c1-2-18-13(19)12(14)11(8-17-18)16-7-9-5-3-4-6-10(9)15/h3-6,8,16H,2,7H2,1H3. The van der Waals surface area contributed by atoms with Crippen LogP contribution in [0.5, 0.6) is 0 Å². The molecular formula is C13H13BrFN3O. The first-order valence-corrected chi connectivity index (χ1v) is 6.65. The number of nitrogens with zero attached hydrogens (tertiary/aromatic N) is 2. The highest BCUT2D eigenvalue weighted by molar-refractivity contribution is 9.10. The summed E-state index contributed by atoms with van der Waals surface area (Å²) in [6.07, 6.45) is 1.55. The van der Waals surface area contributed by atoms with Crippen LogP contribution < -0.4 is 10.9 Å². The molecule has 0 saturated carbocycles. The van der Waals surface area contributed by atoms with Crippen molar-refractivity contribution in [3.05, 3.63) is 56.7 Å². The van der Waals surface area contributed by atoms with Crippen LogP contribution in [-0.4, -0.2) is 9.78 Å². The number of benzene rings is 1. The van der Waals surface area contributed by atoms with Crippen molar-refractivity contribution in [1.29, 1.82) is 0 Å². The molecule has 1 aromatic carbocycles. The zero-order valence-corrected chi connectivity index (χ0v) is 11.9. The monoisotopic (exact) mass is 325 g/mol. The first-order valence-electron chi connectivity index (χ1n) is 5.86. The van der Waals surface area contributed by atoms with Crippen molar-refractivity contribution < 1.29 is 4.39 Å². The Bertz CT molecular complexity index is 642. The van der Waals surface area contributed by atoms with Crippen molar-refractivity contribution in [3.8, 4) is 0 Å². The summed E-state index contributed by atoms with van der Waals surface area (Å²) < 4.78 is 15.2. The second-order valence-electron chi connectivity index (χ2n) is 3.94. The van der Waals surface area contributed by atoms with Crippen LogP contribution in [0.2, 0.25) is 0 Å². The summed E-state index contributed by atoms with van der Waals surface area (Å²) in [4.78, 5) is 11.8. The molecule has 0 aliphatic carbocycles. The van der Waals surface area contributed by atoms with Crippen molar-refractivity contribution in [1.82, 2.24) is 9.78 Å². The predicted octanol–water partition coefficient (Wildman–Crippen LogP) is 2.78. The second-order valence-corrected chi connectivity index (χ2v) is 4.73. The highest BCUT2D eigenvalue weighted by Gasteiger charge is 2.08. The Morgan fingerprint density at radius 1 is 1.42 bits per heavy atom. The van der Waals surface area contributed by atoms with E-state index in [2.05, 4.69) is 26.3 Å². The molecule has 0 spiro atoms. The maximum absolute atomic E-state index is 13.5. The second kappa shape index (κ2) is 5.97. The van der Waals surface area contributed by atoms with Crippen molar-refractivity contribution in [2.24, 2.45) is 0 Å². The number of halogens is 2. The average Bonchev–Trinajstić information content (AvgIpc) is 2.42. The van der Waals surface area contributed by atoms with E-state index in [0.717, 1.165) is 0 Å². The number of anilines is 1. The third kappa shape index (κ3) is 3.01. The molecule has 0 amide bonds. The molecule has 1 heterocycles. The number of rotatable bonds is 4. The van der Waals surface area contributed by atoms with Crippen LogP contribution in [0.25, 0.3) is 0 Å². The van der Waals surface area contributed by atoms with Crippen LogP contribution in [0.4, 0.5) is 10.1 Å². The Morgan fingerprint density at radius 3 is 2.84 bits per heavy atom. The van der Waals surface area contributed by atoms with Gasteiger partial charge < -0.3 is 5.32 Å². The topological polar surface area (TPSA) is 46.9 Å². The number of hydrogen-bond acceptors (Lipinski definition) is 3. The average molecular weight is 326 g/mol. The van der Waals surface area contributed by atoms with Gasteiger partial charge in [-0.15, -0.1) is 0 Å². The summed E-state index contributed by atoms with van der Waals surface area (Å²) in [5, 5.41) is 7.01. The van der Waals surface area contributed by atoms with Crippen molar-refractivity contribution >= 4 is 21.6 Å². The summed E-state index contributed by atoms with van der Waals surface area (Å²) in [6, 6.07) is 6.50. The fourth-order valence-corrected chi connectivity index (χ4v) is 2.09. The van der Waals surface area contributed by atoms with Crippen LogP contribution >= 0.6 is 15.9 Å². The van der Waals surface area contributed by atoms with E-state index in [1.165, 1.54) is 10.7 Å². The first-order chi connectivity index (χ1) is 9.13. The maximum atomic E-state index is 13.5. The van der Waals surface area contributed by atoms with Crippen LogP contribution in [-0.2, 0) is 13.1 Å². The van der Waals surface area contributed by atoms with Crippen molar-refractivity contribution in [2.45, 2.75) is 20.0 Å². The minimum Gasteiger partial charge on any atom is -0.378 e. The van der Waals surface area contributed by atoms with E-state index >= 15 is 0 Å². The number of aromatic nitrogens is 2. The quantitative estimate of drug-likeness (QED) is 0.940. The molecule has 1 N–H and O–H groups in total. The summed E-state index contributed by atoms with van der Waals surface area (Å²) in [5.41, 5.74) is 0.882. The molecule has 0 bridgehead atoms. The number of aryl methyl sites for hydroxylation is 1. The van der Waals surface area contributed by atoms with Gasteiger partial charge in [0.05, 0.1) is 11.9 Å². The normalized spacial score (nSPS) is 10.5. The van der Waals surface area contributed by atoms with Gasteiger partial charge in [-0.05, 0) is 28.9 Å². The molecule has 0 aliphatic rings. The lowest BCUT2D eigenvalue weighted by Crippen LogP contribution is -2.23. The zero-order chi connectivity index (χ0) is 13.8. The van der Waals surface area contributed by atoms with E-state index in [4.69, 9.17) is 0 Å². The van der Waals surface area contributed by atoms with Crippen LogP contribution in [0.1, 0.15) is 12.5 Å². The van der Waals surface area contributed by atoms with Gasteiger partial charge in [-0.25, -0.2) is 9.07 Å². The lowest BCUT2D eigenvalue weighted by atomic mass is 10.2. The Labute approximate surface area is 118 Å². The van der Waals surface area contributed by atoms with E-state index in [-0.39, 0.29) is 11.4 Å². The molecule has 0 unspecified atom stereocenters. The molecule has 4 nitrogen and oxygen atoms in total. The molecule has 6 heteroatoms. The zero-order valence-electron chi connectivity index (χ0n) is 10.4. The van der Waals surface area contributed by atoms with Gasteiger partial charge in [-0.2, -0.15) is 5.10 Å². The third-order valence-electron chi connectivity index (χ3n) is 2.71. The van der Waals surface area contributed by atoms with Gasteiger partial charge >= 0.3 is 0 Å². The molecule has 0 saturated heterocycles. The SMILES string of the molecule is CCn1ncc(NCc2ccccc2F)c(Br)c1=O. The molecule has 2 rings (SSSR count). The number of nitrogens with one attached hydrogen (secondary N) is 1. The minimum absolute atomic E-state index is 0.207. The van der Waals surface area contributed by atoms with Crippen LogP contribution in [0.3, 0.4) is 0 Å². The fourth-order valence-electron chi connectivity index (χ4n) is 1.65. The molecule has 0 radical (unpaired) electrons. The van der Waals surface area contributed by atoms with Gasteiger partial charge in [-0.3, -0.25) is 4.79 Å². The Balaban J connectivity index is 2.19. The molecule has 19 heavy (non-hydrogen) atoms. The molecule has 0 atom stereocenters. The molecule has 2 aromatic rings. The van der Waals surface area contributed by atoms with E-state index in [9.17, 15) is 9.18 Å². The van der Waals surface area contributed by atoms with Crippen LogP contribution in [0.15, 0.2) is 39.7 Å². The Kier molecular flexibility index (Phi) is 4.31. The van der Waals surface area contributed by atoms with Crippen LogP contribution in [0, 0.1) is 5.82 Å². The van der Waals surface area contributed by atoms with Gasteiger partial charge in [0, 0.05) is 18.7 Å². The molecule has 0 aliphatic heterocycles. The highest BCUT2D eigenvalue weighted by Crippen LogP contribution is 2.17. The van der Waals surface area contributed by atoms with Gasteiger partial charge in [-0.1, -0.05) is 18.2 Å².